The quantitative estimate of drug-likeness (QED) is 0.173. The van der Waals surface area contributed by atoms with Crippen LogP contribution in [0.2, 0.25) is 0 Å². The summed E-state index contributed by atoms with van der Waals surface area (Å²) in [7, 11) is 0. The van der Waals surface area contributed by atoms with Gasteiger partial charge in [-0.05, 0) is 103 Å². The van der Waals surface area contributed by atoms with Crippen LogP contribution in [0.1, 0.15) is 22.3 Å². The van der Waals surface area contributed by atoms with Crippen molar-refractivity contribution in [1.82, 2.24) is 15.0 Å². The van der Waals surface area contributed by atoms with Crippen LogP contribution < -0.4 is 0 Å². The lowest BCUT2D eigenvalue weighted by Gasteiger charge is -2.30. The van der Waals surface area contributed by atoms with Crippen molar-refractivity contribution >= 4 is 53.4 Å². The number of thiophene rings is 1. The van der Waals surface area contributed by atoms with E-state index < -0.39 is 0 Å². The molecular weight excluding hydrogens is 859 g/mol. The fraction of sp³-hybridized carbons (Fsp3) is 0.0156. The van der Waals surface area contributed by atoms with Crippen LogP contribution in [0.5, 0.6) is 0 Å². The summed E-state index contributed by atoms with van der Waals surface area (Å²) in [6.07, 6.45) is 0. The highest BCUT2D eigenvalue weighted by Gasteiger charge is 2.51. The summed E-state index contributed by atoms with van der Waals surface area (Å²) in [5, 5.41) is 4.35. The van der Waals surface area contributed by atoms with Gasteiger partial charge < -0.3 is 4.42 Å². The summed E-state index contributed by atoms with van der Waals surface area (Å²) < 4.78 is 9.01. The third-order valence-corrected chi connectivity index (χ3v) is 15.7. The van der Waals surface area contributed by atoms with Crippen molar-refractivity contribution in [2.24, 2.45) is 0 Å². The standard InChI is InChI=1S/C64H37N3OS/c1-2-14-40(15-3-1)61-65-62(67-63(66-61)48-21-13-27-58-60(48)46-19-7-11-26-57(46)69-58)47-20-12-25-56-59(47)50-37-42(33-35-55(50)68-56)39-30-28-38(29-31-39)41-32-34-54-49(36-41)45-18-6-10-24-53(45)64(54)51-22-8-4-16-43(51)44-17-5-9-23-52(44)64/h1-37H. The summed E-state index contributed by atoms with van der Waals surface area (Å²) >= 11 is 1.79. The number of nitrogens with zero attached hydrogens (tertiary/aromatic N) is 3. The number of furan rings is 1. The maximum atomic E-state index is 6.57. The molecule has 13 aromatic rings. The zero-order valence-electron chi connectivity index (χ0n) is 37.0. The molecule has 69 heavy (non-hydrogen) atoms. The summed E-state index contributed by atoms with van der Waals surface area (Å²) in [6.45, 7) is 0. The van der Waals surface area contributed by atoms with Crippen molar-refractivity contribution < 1.29 is 4.42 Å². The minimum Gasteiger partial charge on any atom is -0.456 e. The van der Waals surface area contributed by atoms with E-state index in [1.54, 1.807) is 11.3 Å². The first-order valence-electron chi connectivity index (χ1n) is 23.4. The Bertz CT molecular complexity index is 4220. The van der Waals surface area contributed by atoms with Crippen molar-refractivity contribution in [3.05, 3.63) is 247 Å². The highest BCUT2D eigenvalue weighted by atomic mass is 32.1. The van der Waals surface area contributed by atoms with E-state index in [4.69, 9.17) is 19.4 Å². The Morgan fingerprint density at radius 2 is 0.812 bits per heavy atom. The molecule has 0 N–H and O–H groups in total. The van der Waals surface area contributed by atoms with Crippen LogP contribution in [0.15, 0.2) is 229 Å². The van der Waals surface area contributed by atoms with E-state index in [9.17, 15) is 0 Å². The van der Waals surface area contributed by atoms with Crippen LogP contribution >= 0.6 is 11.3 Å². The Morgan fingerprint density at radius 3 is 1.52 bits per heavy atom. The van der Waals surface area contributed by atoms with Gasteiger partial charge in [-0.2, -0.15) is 0 Å². The second-order valence-corrected chi connectivity index (χ2v) is 19.2. The van der Waals surface area contributed by atoms with Crippen LogP contribution in [0, 0.1) is 0 Å². The molecule has 0 radical (unpaired) electrons. The van der Waals surface area contributed by atoms with Gasteiger partial charge in [0.05, 0.1) is 5.41 Å². The van der Waals surface area contributed by atoms with Crippen molar-refractivity contribution in [2.45, 2.75) is 5.41 Å². The fourth-order valence-electron chi connectivity index (χ4n) is 11.6. The monoisotopic (exact) mass is 895 g/mol. The van der Waals surface area contributed by atoms with Crippen molar-refractivity contribution in [1.29, 1.82) is 0 Å². The first kappa shape index (κ1) is 38.3. The Labute approximate surface area is 401 Å². The van der Waals surface area contributed by atoms with E-state index in [2.05, 4.69) is 194 Å². The maximum absolute atomic E-state index is 6.57. The summed E-state index contributed by atoms with van der Waals surface area (Å²) in [5.41, 5.74) is 19.3. The number of rotatable bonds is 5. The van der Waals surface area contributed by atoms with E-state index >= 15 is 0 Å². The van der Waals surface area contributed by atoms with Gasteiger partial charge in [0.25, 0.3) is 0 Å². The SMILES string of the molecule is c1ccc(-c2nc(-c3cccc4oc5ccc(-c6ccc(-c7ccc8c(c7)-c7ccccc7C87c8ccccc8-c8ccccc87)cc6)cc5c34)nc(-c3cccc4sc5ccccc5c34)n2)cc1. The van der Waals surface area contributed by atoms with E-state index in [1.165, 1.54) is 70.4 Å². The minimum absolute atomic E-state index is 0.346. The van der Waals surface area contributed by atoms with Gasteiger partial charge in [-0.25, -0.2) is 15.0 Å². The highest BCUT2D eigenvalue weighted by Crippen LogP contribution is 2.63. The third-order valence-electron chi connectivity index (χ3n) is 14.6. The van der Waals surface area contributed by atoms with Crippen LogP contribution in [0.25, 0.3) is 121 Å². The highest BCUT2D eigenvalue weighted by molar-refractivity contribution is 7.25. The van der Waals surface area contributed by atoms with E-state index in [1.807, 2.05) is 30.3 Å². The van der Waals surface area contributed by atoms with Gasteiger partial charge in [0, 0.05) is 47.6 Å². The van der Waals surface area contributed by atoms with Crippen molar-refractivity contribution in [2.75, 3.05) is 0 Å². The van der Waals surface area contributed by atoms with Gasteiger partial charge >= 0.3 is 0 Å². The molecule has 2 aliphatic carbocycles. The smallest absolute Gasteiger partial charge is 0.164 e. The van der Waals surface area contributed by atoms with Gasteiger partial charge in [-0.1, -0.05) is 188 Å². The average molecular weight is 896 g/mol. The lowest BCUT2D eigenvalue weighted by atomic mass is 9.70. The van der Waals surface area contributed by atoms with Crippen molar-refractivity contribution in [3.63, 3.8) is 0 Å². The first-order valence-corrected chi connectivity index (χ1v) is 24.2. The third kappa shape index (κ3) is 5.53. The molecule has 0 aliphatic heterocycles. The fourth-order valence-corrected chi connectivity index (χ4v) is 12.8. The lowest BCUT2D eigenvalue weighted by molar-refractivity contribution is 0.669. The molecule has 10 aromatic carbocycles. The van der Waals surface area contributed by atoms with Gasteiger partial charge in [-0.3, -0.25) is 0 Å². The predicted molar refractivity (Wildman–Crippen MR) is 283 cm³/mol. The van der Waals surface area contributed by atoms with Crippen LogP contribution in [0.3, 0.4) is 0 Å². The predicted octanol–water partition coefficient (Wildman–Crippen LogP) is 16.8. The molecule has 0 saturated carbocycles. The molecule has 320 valence electrons. The molecule has 0 saturated heterocycles. The lowest BCUT2D eigenvalue weighted by Crippen LogP contribution is -2.25. The Kier molecular flexibility index (Phi) is 8.12. The van der Waals surface area contributed by atoms with Crippen molar-refractivity contribution in [3.8, 4) is 78.7 Å². The van der Waals surface area contributed by atoms with E-state index in [0.29, 0.717) is 17.5 Å². The summed E-state index contributed by atoms with van der Waals surface area (Å²) in [5.74, 6) is 1.86. The topological polar surface area (TPSA) is 51.8 Å². The molecule has 5 heteroatoms. The summed E-state index contributed by atoms with van der Waals surface area (Å²) in [4.78, 5) is 15.7. The number of hydrogen-bond acceptors (Lipinski definition) is 5. The molecule has 15 rings (SSSR count). The molecule has 4 nitrogen and oxygen atoms in total. The zero-order chi connectivity index (χ0) is 45.2. The molecule has 1 spiro atoms. The molecule has 0 unspecified atom stereocenters. The second-order valence-electron chi connectivity index (χ2n) is 18.2. The molecule has 0 bridgehead atoms. The van der Waals surface area contributed by atoms with Gasteiger partial charge in [0.1, 0.15) is 11.2 Å². The molecule has 0 amide bonds. The molecule has 0 fully saturated rings. The second kappa shape index (κ2) is 14.6. The van der Waals surface area contributed by atoms with Gasteiger partial charge in [-0.15, -0.1) is 11.3 Å². The van der Waals surface area contributed by atoms with E-state index in [0.717, 1.165) is 55.1 Å². The van der Waals surface area contributed by atoms with Gasteiger partial charge in [0.2, 0.25) is 0 Å². The Morgan fingerprint density at radius 1 is 0.304 bits per heavy atom. The number of hydrogen-bond donors (Lipinski definition) is 0. The van der Waals surface area contributed by atoms with Crippen LogP contribution in [-0.2, 0) is 5.41 Å². The van der Waals surface area contributed by atoms with Crippen LogP contribution in [0.4, 0.5) is 0 Å². The summed E-state index contributed by atoms with van der Waals surface area (Å²) in [6, 6.07) is 80.9. The first-order chi connectivity index (χ1) is 34.2. The molecule has 0 atom stereocenters. The maximum Gasteiger partial charge on any atom is 0.164 e. The molecule has 3 aromatic heterocycles. The minimum atomic E-state index is -0.346. The normalized spacial score (nSPS) is 13.0. The number of fused-ring (bicyclic) bond motifs is 16. The number of benzene rings is 10. The number of aromatic nitrogens is 3. The Balaban J connectivity index is 0.833. The molecule has 3 heterocycles. The van der Waals surface area contributed by atoms with Gasteiger partial charge in [0.15, 0.2) is 17.5 Å². The average Bonchev–Trinajstić information content (AvgIpc) is 4.16. The zero-order valence-corrected chi connectivity index (χ0v) is 37.8. The largest absolute Gasteiger partial charge is 0.456 e. The Hall–Kier alpha value is -8.77. The van der Waals surface area contributed by atoms with E-state index in [-0.39, 0.29) is 5.41 Å². The molecule has 2 aliphatic rings. The van der Waals surface area contributed by atoms with Crippen LogP contribution in [-0.4, -0.2) is 15.0 Å². The molecular formula is C64H37N3OS.